The van der Waals surface area contributed by atoms with Crippen LogP contribution in [0.25, 0.3) is 0 Å². The smallest absolute Gasteiger partial charge is 0.191 e. The van der Waals surface area contributed by atoms with E-state index in [0.29, 0.717) is 6.54 Å². The number of halogens is 2. The molecule has 0 amide bonds. The second kappa shape index (κ2) is 5.11. The first-order valence-corrected chi connectivity index (χ1v) is 5.47. The predicted octanol–water partition coefficient (Wildman–Crippen LogP) is 1.97. The topological polar surface area (TPSA) is 45.0 Å². The third-order valence-electron chi connectivity index (χ3n) is 2.66. The molecule has 1 aromatic rings. The van der Waals surface area contributed by atoms with E-state index in [0.717, 1.165) is 31.5 Å². The van der Waals surface area contributed by atoms with Gasteiger partial charge < -0.3 is 10.1 Å². The number of nitrogens with one attached hydrogen (secondary N) is 1. The Balaban J connectivity index is 2.18. The molecule has 1 heterocycles. The highest BCUT2D eigenvalue weighted by Gasteiger charge is 2.19. The number of nitriles is 1. The van der Waals surface area contributed by atoms with Crippen molar-refractivity contribution in [2.45, 2.75) is 18.9 Å². The molecule has 0 bridgehead atoms. The molecule has 90 valence electrons. The number of hydrogen-bond acceptors (Lipinski definition) is 3. The van der Waals surface area contributed by atoms with Gasteiger partial charge in [0, 0.05) is 6.54 Å². The molecule has 0 radical (unpaired) electrons. The van der Waals surface area contributed by atoms with Crippen molar-refractivity contribution in [3.8, 4) is 11.8 Å². The summed E-state index contributed by atoms with van der Waals surface area (Å²) in [5, 5.41) is 11.7. The molecule has 0 saturated carbocycles. The van der Waals surface area contributed by atoms with Crippen LogP contribution in [0.2, 0.25) is 0 Å². The number of hydrogen-bond donors (Lipinski definition) is 1. The van der Waals surface area contributed by atoms with Crippen LogP contribution in [0, 0.1) is 23.0 Å². The second-order valence-electron chi connectivity index (χ2n) is 3.97. The van der Waals surface area contributed by atoms with Gasteiger partial charge >= 0.3 is 0 Å². The monoisotopic (exact) mass is 238 g/mol. The zero-order chi connectivity index (χ0) is 12.3. The molecule has 0 aliphatic carbocycles. The summed E-state index contributed by atoms with van der Waals surface area (Å²) < 4.78 is 32.3. The van der Waals surface area contributed by atoms with E-state index in [2.05, 4.69) is 5.32 Å². The van der Waals surface area contributed by atoms with Crippen LogP contribution in [-0.4, -0.2) is 19.2 Å². The van der Waals surface area contributed by atoms with Gasteiger partial charge in [0.1, 0.15) is 6.10 Å². The normalized spacial score (nSPS) is 19.7. The van der Waals surface area contributed by atoms with Crippen LogP contribution in [0.3, 0.4) is 0 Å². The highest BCUT2D eigenvalue weighted by molar-refractivity contribution is 5.37. The maximum atomic E-state index is 13.5. The molecule has 3 nitrogen and oxygen atoms in total. The Labute approximate surface area is 98.0 Å². The SMILES string of the molecule is N#Cc1cc(F)c(O[C@H]2CCCNC2)c(F)c1. The molecular formula is C12H12F2N2O. The first-order chi connectivity index (χ1) is 8.20. The minimum absolute atomic E-state index is 0.0471. The predicted molar refractivity (Wildman–Crippen MR) is 57.6 cm³/mol. The van der Waals surface area contributed by atoms with Crippen molar-refractivity contribution in [2.75, 3.05) is 13.1 Å². The lowest BCUT2D eigenvalue weighted by Crippen LogP contribution is -2.37. The third-order valence-corrected chi connectivity index (χ3v) is 2.66. The van der Waals surface area contributed by atoms with Crippen molar-refractivity contribution < 1.29 is 13.5 Å². The summed E-state index contributed by atoms with van der Waals surface area (Å²) in [4.78, 5) is 0. The minimum atomic E-state index is -0.827. The van der Waals surface area contributed by atoms with E-state index < -0.39 is 17.4 Å². The molecule has 5 heteroatoms. The standard InChI is InChI=1S/C12H12F2N2O/c13-10-4-8(6-15)5-11(14)12(10)17-9-2-1-3-16-7-9/h4-5,9,16H,1-3,7H2/t9-/m0/s1. The van der Waals surface area contributed by atoms with E-state index >= 15 is 0 Å². The van der Waals surface area contributed by atoms with Gasteiger partial charge in [0.2, 0.25) is 0 Å². The van der Waals surface area contributed by atoms with E-state index in [9.17, 15) is 8.78 Å². The first kappa shape index (κ1) is 11.8. The van der Waals surface area contributed by atoms with Gasteiger partial charge in [-0.3, -0.25) is 0 Å². The number of benzene rings is 1. The van der Waals surface area contributed by atoms with Gasteiger partial charge in [-0.25, -0.2) is 8.78 Å². The lowest BCUT2D eigenvalue weighted by atomic mass is 10.1. The summed E-state index contributed by atoms with van der Waals surface area (Å²) in [6.45, 7) is 1.48. The van der Waals surface area contributed by atoms with E-state index in [1.165, 1.54) is 0 Å². The Kier molecular flexibility index (Phi) is 3.55. The molecule has 1 aliphatic heterocycles. The van der Waals surface area contributed by atoms with Crippen LogP contribution < -0.4 is 10.1 Å². The van der Waals surface area contributed by atoms with Gasteiger partial charge in [-0.1, -0.05) is 0 Å². The zero-order valence-corrected chi connectivity index (χ0v) is 9.17. The summed E-state index contributed by atoms with van der Waals surface area (Å²) in [6.07, 6.45) is 1.47. The minimum Gasteiger partial charge on any atom is -0.483 e. The number of piperidine rings is 1. The van der Waals surface area contributed by atoms with Crippen molar-refractivity contribution in [1.29, 1.82) is 5.26 Å². The summed E-state index contributed by atoms with van der Waals surface area (Å²) in [6, 6.07) is 3.65. The lowest BCUT2D eigenvalue weighted by molar-refractivity contribution is 0.153. The third kappa shape index (κ3) is 2.71. The highest BCUT2D eigenvalue weighted by atomic mass is 19.1. The molecule has 2 rings (SSSR count). The van der Waals surface area contributed by atoms with Gasteiger partial charge in [0.05, 0.1) is 11.6 Å². The molecule has 0 spiro atoms. The molecule has 1 aliphatic rings. The highest BCUT2D eigenvalue weighted by Crippen LogP contribution is 2.25. The van der Waals surface area contributed by atoms with E-state index in [1.54, 1.807) is 6.07 Å². The molecule has 1 atom stereocenters. The van der Waals surface area contributed by atoms with E-state index in [-0.39, 0.29) is 11.7 Å². The Morgan fingerprint density at radius 3 is 2.59 bits per heavy atom. The molecular weight excluding hydrogens is 226 g/mol. The average molecular weight is 238 g/mol. The van der Waals surface area contributed by atoms with Crippen molar-refractivity contribution >= 4 is 0 Å². The summed E-state index contributed by atoms with van der Waals surface area (Å²) in [7, 11) is 0. The molecule has 17 heavy (non-hydrogen) atoms. The van der Waals surface area contributed by atoms with Crippen molar-refractivity contribution in [2.24, 2.45) is 0 Å². The van der Waals surface area contributed by atoms with Gasteiger partial charge in [0.15, 0.2) is 17.4 Å². The summed E-state index contributed by atoms with van der Waals surface area (Å²) >= 11 is 0. The van der Waals surface area contributed by atoms with Gasteiger partial charge in [0.25, 0.3) is 0 Å². The van der Waals surface area contributed by atoms with Crippen LogP contribution >= 0.6 is 0 Å². The molecule has 0 aromatic heterocycles. The van der Waals surface area contributed by atoms with Crippen molar-refractivity contribution in [3.63, 3.8) is 0 Å². The first-order valence-electron chi connectivity index (χ1n) is 5.47. The van der Waals surface area contributed by atoms with Gasteiger partial charge in [-0.05, 0) is 31.5 Å². The number of nitrogens with zero attached hydrogens (tertiary/aromatic N) is 1. The maximum Gasteiger partial charge on any atom is 0.191 e. The molecule has 1 fully saturated rings. The number of ether oxygens (including phenoxy) is 1. The van der Waals surface area contributed by atoms with Crippen LogP contribution in [0.5, 0.6) is 5.75 Å². The second-order valence-corrected chi connectivity index (χ2v) is 3.97. The van der Waals surface area contributed by atoms with Crippen molar-refractivity contribution in [1.82, 2.24) is 5.32 Å². The lowest BCUT2D eigenvalue weighted by Gasteiger charge is -2.24. The van der Waals surface area contributed by atoms with Crippen LogP contribution in [-0.2, 0) is 0 Å². The Morgan fingerprint density at radius 1 is 1.35 bits per heavy atom. The fourth-order valence-electron chi connectivity index (χ4n) is 1.82. The fraction of sp³-hybridized carbons (Fsp3) is 0.417. The zero-order valence-electron chi connectivity index (χ0n) is 9.17. The average Bonchev–Trinajstić information content (AvgIpc) is 2.35. The van der Waals surface area contributed by atoms with E-state index in [1.807, 2.05) is 0 Å². The summed E-state index contributed by atoms with van der Waals surface area (Å²) in [5.41, 5.74) is -0.0471. The Hall–Kier alpha value is -1.67. The Morgan fingerprint density at radius 2 is 2.06 bits per heavy atom. The Bertz CT molecular complexity index is 427. The largest absolute Gasteiger partial charge is 0.483 e. The molecule has 1 saturated heterocycles. The molecule has 1 N–H and O–H groups in total. The quantitative estimate of drug-likeness (QED) is 0.856. The van der Waals surface area contributed by atoms with E-state index in [4.69, 9.17) is 10.00 Å². The van der Waals surface area contributed by atoms with Gasteiger partial charge in [-0.2, -0.15) is 5.26 Å². The molecule has 1 aromatic carbocycles. The van der Waals surface area contributed by atoms with Crippen LogP contribution in [0.4, 0.5) is 8.78 Å². The van der Waals surface area contributed by atoms with Gasteiger partial charge in [-0.15, -0.1) is 0 Å². The fourth-order valence-corrected chi connectivity index (χ4v) is 1.82. The summed E-state index contributed by atoms with van der Waals surface area (Å²) in [5.74, 6) is -2.04. The number of rotatable bonds is 2. The van der Waals surface area contributed by atoms with Crippen molar-refractivity contribution in [3.05, 3.63) is 29.3 Å². The molecule has 0 unspecified atom stereocenters. The van der Waals surface area contributed by atoms with Crippen LogP contribution in [0.15, 0.2) is 12.1 Å². The van der Waals surface area contributed by atoms with Crippen LogP contribution in [0.1, 0.15) is 18.4 Å². The maximum absolute atomic E-state index is 13.5.